The molecule has 0 aliphatic heterocycles. The first kappa shape index (κ1) is 18.3. The van der Waals surface area contributed by atoms with Gasteiger partial charge in [0.2, 0.25) is 5.91 Å². The predicted octanol–water partition coefficient (Wildman–Crippen LogP) is 2.34. The number of rotatable bonds is 7. The maximum Gasteiger partial charge on any atom is 0.253 e. The molecule has 0 radical (unpaired) electrons. The van der Waals surface area contributed by atoms with Gasteiger partial charge in [-0.3, -0.25) is 9.59 Å². The summed E-state index contributed by atoms with van der Waals surface area (Å²) in [6.45, 7) is 1.96. The third-order valence-corrected chi connectivity index (χ3v) is 3.82. The lowest BCUT2D eigenvalue weighted by atomic mass is 10.1. The Bertz CT molecular complexity index is 746. The van der Waals surface area contributed by atoms with Crippen LogP contribution in [0.25, 0.3) is 0 Å². The van der Waals surface area contributed by atoms with Crippen LogP contribution < -0.4 is 20.7 Å². The molecule has 6 nitrogen and oxygen atoms in total. The molecule has 0 aromatic heterocycles. The van der Waals surface area contributed by atoms with E-state index in [0.717, 1.165) is 11.3 Å². The van der Waals surface area contributed by atoms with Crippen LogP contribution in [-0.4, -0.2) is 32.5 Å². The molecule has 0 bridgehead atoms. The van der Waals surface area contributed by atoms with Gasteiger partial charge in [-0.25, -0.2) is 0 Å². The van der Waals surface area contributed by atoms with Crippen LogP contribution in [0.15, 0.2) is 48.5 Å². The van der Waals surface area contributed by atoms with Crippen LogP contribution in [0.3, 0.4) is 0 Å². The molecule has 0 spiro atoms. The van der Waals surface area contributed by atoms with E-state index < -0.39 is 0 Å². The summed E-state index contributed by atoms with van der Waals surface area (Å²) in [4.78, 5) is 24.1. The minimum absolute atomic E-state index is 0.0630. The van der Waals surface area contributed by atoms with Crippen LogP contribution in [0.2, 0.25) is 0 Å². The van der Waals surface area contributed by atoms with Gasteiger partial charge in [-0.05, 0) is 25.1 Å². The lowest BCUT2D eigenvalue weighted by molar-refractivity contribution is -0.120. The first-order chi connectivity index (χ1) is 12.1. The molecule has 1 atom stereocenters. The number of carbonyl (C=O) groups excluding carboxylic acids is 2. The van der Waals surface area contributed by atoms with E-state index in [4.69, 9.17) is 4.74 Å². The quantitative estimate of drug-likeness (QED) is 0.722. The average molecular weight is 341 g/mol. The van der Waals surface area contributed by atoms with E-state index in [1.807, 2.05) is 37.3 Å². The fraction of sp³-hybridized carbons (Fsp3) is 0.263. The number of carbonyl (C=O) groups is 2. The van der Waals surface area contributed by atoms with Gasteiger partial charge in [0.05, 0.1) is 25.3 Å². The molecule has 0 saturated carbocycles. The molecule has 6 heteroatoms. The Labute approximate surface area is 147 Å². The van der Waals surface area contributed by atoms with Crippen molar-refractivity contribution in [3.63, 3.8) is 0 Å². The Morgan fingerprint density at radius 2 is 1.76 bits per heavy atom. The van der Waals surface area contributed by atoms with Gasteiger partial charge in [0, 0.05) is 18.3 Å². The van der Waals surface area contributed by atoms with E-state index in [1.54, 1.807) is 32.4 Å². The van der Waals surface area contributed by atoms with Crippen LogP contribution in [0.1, 0.15) is 28.9 Å². The van der Waals surface area contributed by atoms with Crippen LogP contribution in [-0.2, 0) is 4.79 Å². The predicted molar refractivity (Wildman–Crippen MR) is 97.9 cm³/mol. The van der Waals surface area contributed by atoms with E-state index in [9.17, 15) is 9.59 Å². The van der Waals surface area contributed by atoms with E-state index in [-0.39, 0.29) is 24.4 Å². The molecule has 0 fully saturated rings. The third kappa shape index (κ3) is 4.73. The number of benzene rings is 2. The highest BCUT2D eigenvalue weighted by Gasteiger charge is 2.14. The highest BCUT2D eigenvalue weighted by molar-refractivity contribution is 5.99. The lowest BCUT2D eigenvalue weighted by Gasteiger charge is -2.18. The van der Waals surface area contributed by atoms with Gasteiger partial charge in [0.25, 0.3) is 5.91 Å². The number of nitrogens with one attached hydrogen (secondary N) is 3. The second-order valence-electron chi connectivity index (χ2n) is 5.51. The molecule has 0 saturated heterocycles. The lowest BCUT2D eigenvalue weighted by Crippen LogP contribution is -2.32. The van der Waals surface area contributed by atoms with Crippen molar-refractivity contribution in [2.75, 3.05) is 26.0 Å². The van der Waals surface area contributed by atoms with Crippen molar-refractivity contribution >= 4 is 17.5 Å². The van der Waals surface area contributed by atoms with Crippen molar-refractivity contribution in [3.8, 4) is 5.75 Å². The van der Waals surface area contributed by atoms with Gasteiger partial charge in [-0.2, -0.15) is 0 Å². The topological polar surface area (TPSA) is 79.5 Å². The molecule has 3 N–H and O–H groups in total. The summed E-state index contributed by atoms with van der Waals surface area (Å²) in [6.07, 6.45) is 0. The normalized spacial score (nSPS) is 11.3. The van der Waals surface area contributed by atoms with Crippen molar-refractivity contribution in [2.24, 2.45) is 0 Å². The number of hydrogen-bond acceptors (Lipinski definition) is 4. The molecular formula is C19H23N3O3. The molecule has 1 unspecified atom stereocenters. The second kappa shape index (κ2) is 8.73. The minimum Gasteiger partial charge on any atom is -0.496 e. The van der Waals surface area contributed by atoms with Gasteiger partial charge in [0.15, 0.2) is 0 Å². The Morgan fingerprint density at radius 3 is 2.48 bits per heavy atom. The fourth-order valence-electron chi connectivity index (χ4n) is 2.54. The van der Waals surface area contributed by atoms with Gasteiger partial charge in [-0.1, -0.05) is 30.3 Å². The Balaban J connectivity index is 1.98. The third-order valence-electron chi connectivity index (χ3n) is 3.82. The summed E-state index contributed by atoms with van der Waals surface area (Å²) in [5, 5.41) is 8.51. The summed E-state index contributed by atoms with van der Waals surface area (Å²) in [6, 6.07) is 14.4. The highest BCUT2D eigenvalue weighted by Crippen LogP contribution is 2.24. The number of anilines is 1. The molecule has 2 amide bonds. The van der Waals surface area contributed by atoms with Crippen molar-refractivity contribution in [1.82, 2.24) is 10.6 Å². The fourth-order valence-corrected chi connectivity index (χ4v) is 2.54. The van der Waals surface area contributed by atoms with Gasteiger partial charge in [0.1, 0.15) is 5.75 Å². The molecule has 0 aliphatic carbocycles. The number of methoxy groups -OCH3 is 1. The minimum atomic E-state index is -0.203. The van der Waals surface area contributed by atoms with Crippen LogP contribution in [0.5, 0.6) is 5.75 Å². The monoisotopic (exact) mass is 341 g/mol. The summed E-state index contributed by atoms with van der Waals surface area (Å²) in [7, 11) is 3.17. The summed E-state index contributed by atoms with van der Waals surface area (Å²) in [5.41, 5.74) is 2.02. The molecule has 0 aliphatic rings. The van der Waals surface area contributed by atoms with Crippen molar-refractivity contribution in [1.29, 1.82) is 0 Å². The number of amides is 2. The number of para-hydroxylation sites is 2. The van der Waals surface area contributed by atoms with Gasteiger partial charge >= 0.3 is 0 Å². The van der Waals surface area contributed by atoms with Crippen LogP contribution in [0, 0.1) is 0 Å². The molecule has 2 rings (SSSR count). The van der Waals surface area contributed by atoms with E-state index >= 15 is 0 Å². The van der Waals surface area contributed by atoms with E-state index in [0.29, 0.717) is 11.3 Å². The number of hydrogen-bond donors (Lipinski definition) is 3. The highest BCUT2D eigenvalue weighted by atomic mass is 16.5. The molecule has 0 heterocycles. The first-order valence-electron chi connectivity index (χ1n) is 8.04. The van der Waals surface area contributed by atoms with Crippen LogP contribution >= 0.6 is 0 Å². The zero-order chi connectivity index (χ0) is 18.2. The van der Waals surface area contributed by atoms with E-state index in [2.05, 4.69) is 16.0 Å². The Kier molecular flexibility index (Phi) is 6.39. The SMILES string of the molecule is CNC(=O)c1ccccc1NCC(=O)NC(C)c1ccccc1OC. The zero-order valence-electron chi connectivity index (χ0n) is 14.6. The summed E-state index contributed by atoms with van der Waals surface area (Å²) in [5.74, 6) is 0.351. The smallest absolute Gasteiger partial charge is 0.253 e. The van der Waals surface area contributed by atoms with E-state index in [1.165, 1.54) is 0 Å². The molecule has 25 heavy (non-hydrogen) atoms. The van der Waals surface area contributed by atoms with Crippen LogP contribution in [0.4, 0.5) is 5.69 Å². The molecular weight excluding hydrogens is 318 g/mol. The first-order valence-corrected chi connectivity index (χ1v) is 8.04. The summed E-state index contributed by atoms with van der Waals surface area (Å²) >= 11 is 0. The molecule has 2 aromatic carbocycles. The molecule has 2 aromatic rings. The van der Waals surface area contributed by atoms with Gasteiger partial charge in [-0.15, -0.1) is 0 Å². The Hall–Kier alpha value is -3.02. The number of ether oxygens (including phenoxy) is 1. The average Bonchev–Trinajstić information content (AvgIpc) is 2.65. The second-order valence-corrected chi connectivity index (χ2v) is 5.51. The molecule has 132 valence electrons. The maximum atomic E-state index is 12.2. The zero-order valence-corrected chi connectivity index (χ0v) is 14.6. The maximum absolute atomic E-state index is 12.2. The summed E-state index contributed by atoms with van der Waals surface area (Å²) < 4.78 is 5.32. The van der Waals surface area contributed by atoms with Gasteiger partial charge < -0.3 is 20.7 Å². The Morgan fingerprint density at radius 1 is 1.08 bits per heavy atom. The standard InChI is InChI=1S/C19H23N3O3/c1-13(14-8-5-7-11-17(14)25-3)22-18(23)12-21-16-10-6-4-9-15(16)19(24)20-2/h4-11,13,21H,12H2,1-3H3,(H,20,24)(H,22,23). The largest absolute Gasteiger partial charge is 0.496 e. The van der Waals surface area contributed by atoms with Crippen molar-refractivity contribution in [2.45, 2.75) is 13.0 Å². The van der Waals surface area contributed by atoms with Crippen molar-refractivity contribution < 1.29 is 14.3 Å². The van der Waals surface area contributed by atoms with Crippen molar-refractivity contribution in [3.05, 3.63) is 59.7 Å².